The number of imide groups is 1. The zero-order valence-electron chi connectivity index (χ0n) is 15.4. The molecule has 0 N–H and O–H groups in total. The van der Waals surface area contributed by atoms with Crippen molar-refractivity contribution >= 4 is 23.8 Å². The number of halogens is 1. The molecule has 1 fully saturated rings. The van der Waals surface area contributed by atoms with E-state index < -0.39 is 42.2 Å². The molecule has 1 aliphatic rings. The van der Waals surface area contributed by atoms with E-state index in [9.17, 15) is 23.6 Å². The number of carbonyl (C=O) groups excluding carboxylic acids is 4. The summed E-state index contributed by atoms with van der Waals surface area (Å²) in [4.78, 5) is 49.5. The lowest BCUT2D eigenvalue weighted by atomic mass is 10.1. The van der Waals surface area contributed by atoms with Crippen LogP contribution < -0.4 is 0 Å². The van der Waals surface area contributed by atoms with Gasteiger partial charge in [0.15, 0.2) is 12.4 Å². The molecule has 0 aromatic heterocycles. The maximum Gasteiger partial charge on any atom is 0.417 e. The molecule has 7 nitrogen and oxygen atoms in total. The molecular formula is C21H18FNO6. The fraction of sp³-hybridized carbons (Fsp3) is 0.238. The summed E-state index contributed by atoms with van der Waals surface area (Å²) in [7, 11) is 0. The van der Waals surface area contributed by atoms with Crippen molar-refractivity contribution in [3.8, 4) is 0 Å². The molecule has 0 saturated carbocycles. The molecular weight excluding hydrogens is 381 g/mol. The Bertz CT molecular complexity index is 913. The largest absolute Gasteiger partial charge is 0.456 e. The van der Waals surface area contributed by atoms with E-state index in [1.165, 1.54) is 12.1 Å². The maximum absolute atomic E-state index is 12.9. The van der Waals surface area contributed by atoms with Crippen LogP contribution in [-0.2, 0) is 25.7 Å². The Hall–Kier alpha value is -3.55. The smallest absolute Gasteiger partial charge is 0.417 e. The van der Waals surface area contributed by atoms with Crippen molar-refractivity contribution in [3.63, 3.8) is 0 Å². The van der Waals surface area contributed by atoms with Crippen molar-refractivity contribution in [1.82, 2.24) is 4.90 Å². The number of rotatable bonds is 6. The van der Waals surface area contributed by atoms with Crippen LogP contribution in [0, 0.1) is 5.82 Å². The summed E-state index contributed by atoms with van der Waals surface area (Å²) in [6, 6.07) is 12.5. The van der Waals surface area contributed by atoms with Gasteiger partial charge in [0.2, 0.25) is 5.91 Å². The summed E-state index contributed by atoms with van der Waals surface area (Å²) in [5.41, 5.74) is 0.914. The van der Waals surface area contributed by atoms with Crippen LogP contribution in [0.5, 0.6) is 0 Å². The molecule has 150 valence electrons. The molecule has 1 aliphatic heterocycles. The van der Waals surface area contributed by atoms with Gasteiger partial charge in [-0.3, -0.25) is 9.59 Å². The summed E-state index contributed by atoms with van der Waals surface area (Å²) < 4.78 is 23.0. The van der Waals surface area contributed by atoms with E-state index >= 15 is 0 Å². The van der Waals surface area contributed by atoms with Gasteiger partial charge >= 0.3 is 12.1 Å². The summed E-state index contributed by atoms with van der Waals surface area (Å²) >= 11 is 0. The third kappa shape index (κ3) is 5.04. The predicted octanol–water partition coefficient (Wildman–Crippen LogP) is 2.88. The van der Waals surface area contributed by atoms with E-state index in [1.807, 2.05) is 6.07 Å². The van der Waals surface area contributed by atoms with Crippen molar-refractivity contribution in [2.75, 3.05) is 6.61 Å². The van der Waals surface area contributed by atoms with Crippen LogP contribution in [0.4, 0.5) is 9.18 Å². The fourth-order valence-electron chi connectivity index (χ4n) is 2.88. The number of Topliss-reactive ketones (excluding diaryl/α,β-unsaturated/α-hetero) is 1. The highest BCUT2D eigenvalue weighted by molar-refractivity contribution is 6.01. The number of carbonyl (C=O) groups is 4. The van der Waals surface area contributed by atoms with Gasteiger partial charge in [-0.05, 0) is 36.2 Å². The lowest BCUT2D eigenvalue weighted by Gasteiger charge is -2.21. The first-order valence-electron chi connectivity index (χ1n) is 8.94. The van der Waals surface area contributed by atoms with Crippen molar-refractivity contribution < 1.29 is 33.0 Å². The van der Waals surface area contributed by atoms with Gasteiger partial charge in [-0.15, -0.1) is 0 Å². The third-order valence-electron chi connectivity index (χ3n) is 4.40. The summed E-state index contributed by atoms with van der Waals surface area (Å²) in [6.07, 6.45) is -0.863. The predicted molar refractivity (Wildman–Crippen MR) is 98.2 cm³/mol. The van der Waals surface area contributed by atoms with Gasteiger partial charge in [0.1, 0.15) is 18.5 Å². The molecule has 1 heterocycles. The number of esters is 1. The minimum absolute atomic E-state index is 0.00783. The van der Waals surface area contributed by atoms with Crippen LogP contribution >= 0.6 is 0 Å². The molecule has 0 bridgehead atoms. The summed E-state index contributed by atoms with van der Waals surface area (Å²) in [6.45, 7) is -0.629. The number of nitrogens with zero attached hydrogens (tertiary/aromatic N) is 1. The molecule has 0 spiro atoms. The summed E-state index contributed by atoms with van der Waals surface area (Å²) in [5.74, 6) is -2.44. The van der Waals surface area contributed by atoms with Crippen molar-refractivity contribution in [3.05, 3.63) is 71.5 Å². The Morgan fingerprint density at radius 1 is 1.00 bits per heavy atom. The van der Waals surface area contributed by atoms with Gasteiger partial charge in [0, 0.05) is 12.0 Å². The van der Waals surface area contributed by atoms with Crippen LogP contribution in [0.2, 0.25) is 0 Å². The van der Waals surface area contributed by atoms with E-state index in [2.05, 4.69) is 0 Å². The topological polar surface area (TPSA) is 90.0 Å². The number of ether oxygens (including phenoxy) is 2. The minimum atomic E-state index is -1.15. The second-order valence-electron chi connectivity index (χ2n) is 6.40. The molecule has 1 saturated heterocycles. The lowest BCUT2D eigenvalue weighted by Crippen LogP contribution is -2.44. The molecule has 0 aliphatic carbocycles. The Kier molecular flexibility index (Phi) is 6.33. The number of ketones is 1. The second-order valence-corrected chi connectivity index (χ2v) is 6.40. The highest BCUT2D eigenvalue weighted by atomic mass is 19.1. The van der Waals surface area contributed by atoms with Crippen LogP contribution in [0.1, 0.15) is 28.8 Å². The van der Waals surface area contributed by atoms with E-state index in [0.29, 0.717) is 0 Å². The van der Waals surface area contributed by atoms with E-state index in [4.69, 9.17) is 9.47 Å². The zero-order valence-corrected chi connectivity index (χ0v) is 15.4. The zero-order chi connectivity index (χ0) is 20.8. The molecule has 29 heavy (non-hydrogen) atoms. The van der Waals surface area contributed by atoms with Crippen molar-refractivity contribution in [1.29, 1.82) is 0 Å². The number of benzene rings is 2. The normalized spacial score (nSPS) is 15.8. The maximum atomic E-state index is 12.9. The van der Waals surface area contributed by atoms with Gasteiger partial charge in [-0.25, -0.2) is 18.9 Å². The van der Waals surface area contributed by atoms with Crippen molar-refractivity contribution in [2.24, 2.45) is 0 Å². The standard InChI is InChI=1S/C21H18FNO6/c22-16-8-6-15(7-9-16)18(24)13-28-20(26)17-10-11-19(25)23(17)21(27)29-12-14-4-2-1-3-5-14/h1-9,17H,10-13H2/t17-/m1/s1. The first-order valence-corrected chi connectivity index (χ1v) is 8.94. The number of likely N-dealkylation sites (tertiary alicyclic amines) is 1. The molecule has 2 amide bonds. The quantitative estimate of drug-likeness (QED) is 0.548. The van der Waals surface area contributed by atoms with Crippen molar-refractivity contribution in [2.45, 2.75) is 25.5 Å². The minimum Gasteiger partial charge on any atom is -0.456 e. The summed E-state index contributed by atoms with van der Waals surface area (Å²) in [5, 5.41) is 0. The SMILES string of the molecule is O=C(COC(=O)[C@H]1CCC(=O)N1C(=O)OCc1ccccc1)c1ccc(F)cc1. The van der Waals surface area contributed by atoms with Gasteiger partial charge in [0.25, 0.3) is 0 Å². The van der Waals surface area contributed by atoms with E-state index in [-0.39, 0.29) is 25.0 Å². The first kappa shape index (κ1) is 20.2. The molecule has 2 aromatic carbocycles. The molecule has 8 heteroatoms. The molecule has 0 unspecified atom stereocenters. The Labute approximate surface area is 166 Å². The highest BCUT2D eigenvalue weighted by Gasteiger charge is 2.42. The first-order chi connectivity index (χ1) is 14.0. The average Bonchev–Trinajstić information content (AvgIpc) is 3.13. The van der Waals surface area contributed by atoms with Crippen LogP contribution in [0.15, 0.2) is 54.6 Å². The fourth-order valence-corrected chi connectivity index (χ4v) is 2.88. The van der Waals surface area contributed by atoms with Gasteiger partial charge in [-0.1, -0.05) is 30.3 Å². The number of amides is 2. The molecule has 3 rings (SSSR count). The third-order valence-corrected chi connectivity index (χ3v) is 4.40. The Morgan fingerprint density at radius 2 is 1.69 bits per heavy atom. The monoisotopic (exact) mass is 399 g/mol. The van der Waals surface area contributed by atoms with Crippen LogP contribution in [0.25, 0.3) is 0 Å². The van der Waals surface area contributed by atoms with Gasteiger partial charge in [0.05, 0.1) is 0 Å². The highest BCUT2D eigenvalue weighted by Crippen LogP contribution is 2.21. The second kappa shape index (κ2) is 9.09. The van der Waals surface area contributed by atoms with Crippen LogP contribution in [0.3, 0.4) is 0 Å². The lowest BCUT2D eigenvalue weighted by molar-refractivity contribution is -0.149. The van der Waals surface area contributed by atoms with E-state index in [1.54, 1.807) is 24.3 Å². The molecule has 2 aromatic rings. The number of hydrogen-bond acceptors (Lipinski definition) is 6. The van der Waals surface area contributed by atoms with Gasteiger partial charge in [-0.2, -0.15) is 0 Å². The van der Waals surface area contributed by atoms with E-state index in [0.717, 1.165) is 22.6 Å². The Morgan fingerprint density at radius 3 is 2.38 bits per heavy atom. The van der Waals surface area contributed by atoms with Gasteiger partial charge < -0.3 is 9.47 Å². The number of hydrogen-bond donors (Lipinski definition) is 0. The molecule has 0 radical (unpaired) electrons. The Balaban J connectivity index is 1.57. The van der Waals surface area contributed by atoms with Crippen LogP contribution in [-0.4, -0.2) is 41.3 Å². The average molecular weight is 399 g/mol. The molecule has 1 atom stereocenters.